The minimum atomic E-state index is -0.734. The Morgan fingerprint density at radius 2 is 2.00 bits per heavy atom. The number of aliphatic hydroxyl groups excluding tert-OH is 1. The van der Waals surface area contributed by atoms with Crippen molar-refractivity contribution in [2.24, 2.45) is 14.1 Å². The number of benzene rings is 1. The Balaban J connectivity index is 1.32. The second-order valence-electron chi connectivity index (χ2n) is 11.1. The Morgan fingerprint density at radius 1 is 1.12 bits per heavy atom. The number of nitrogens with one attached hydrogen (secondary N) is 1. The predicted octanol–water partition coefficient (Wildman–Crippen LogP) is 0.954. The highest BCUT2D eigenvalue weighted by molar-refractivity contribution is 6.00. The third-order valence-electron chi connectivity index (χ3n) is 8.32. The van der Waals surface area contributed by atoms with Gasteiger partial charge in [-0.15, -0.1) is 0 Å². The van der Waals surface area contributed by atoms with E-state index in [-0.39, 0.29) is 24.5 Å². The zero-order valence-electron chi connectivity index (χ0n) is 23.5. The zero-order valence-corrected chi connectivity index (χ0v) is 23.5. The Morgan fingerprint density at radius 3 is 2.78 bits per heavy atom. The molecule has 3 aliphatic heterocycles. The number of ether oxygens (including phenoxy) is 2. The summed E-state index contributed by atoms with van der Waals surface area (Å²) in [4.78, 5) is 36.0. The molecule has 0 unspecified atom stereocenters. The first-order valence-electron chi connectivity index (χ1n) is 14.2. The summed E-state index contributed by atoms with van der Waals surface area (Å²) in [5, 5.41) is 17.8. The summed E-state index contributed by atoms with van der Waals surface area (Å²) in [7, 11) is 3.80. The van der Waals surface area contributed by atoms with Crippen LogP contribution in [-0.4, -0.2) is 103 Å². The highest BCUT2D eigenvalue weighted by atomic mass is 16.5. The second kappa shape index (κ2) is 11.6. The molecule has 0 spiro atoms. The number of hydrogen-bond donors (Lipinski definition) is 2. The number of aromatic nitrogens is 4. The van der Waals surface area contributed by atoms with Crippen LogP contribution in [0.25, 0.3) is 11.1 Å². The maximum absolute atomic E-state index is 14.1. The number of rotatable bonds is 3. The Hall–Kier alpha value is -3.74. The van der Waals surface area contributed by atoms with Gasteiger partial charge in [0.05, 0.1) is 37.1 Å². The predicted molar refractivity (Wildman–Crippen MR) is 149 cm³/mol. The van der Waals surface area contributed by atoms with Gasteiger partial charge < -0.3 is 29.4 Å². The van der Waals surface area contributed by atoms with E-state index < -0.39 is 18.2 Å². The van der Waals surface area contributed by atoms with Crippen LogP contribution in [0.3, 0.4) is 0 Å². The van der Waals surface area contributed by atoms with Crippen LogP contribution in [0, 0.1) is 0 Å². The average molecular weight is 564 g/mol. The molecule has 0 radical (unpaired) electrons. The molecule has 2 aromatic heterocycles. The molecule has 4 atom stereocenters. The van der Waals surface area contributed by atoms with E-state index >= 15 is 0 Å². The summed E-state index contributed by atoms with van der Waals surface area (Å²) in [5.74, 6) is 0.836. The van der Waals surface area contributed by atoms with Gasteiger partial charge in [-0.25, -0.2) is 4.98 Å². The van der Waals surface area contributed by atoms with Crippen LogP contribution in [0.15, 0.2) is 43.0 Å². The van der Waals surface area contributed by atoms with Gasteiger partial charge in [0.1, 0.15) is 23.7 Å². The molecule has 1 aromatic carbocycles. The van der Waals surface area contributed by atoms with E-state index in [1.807, 2.05) is 43.2 Å². The smallest absolute Gasteiger partial charge is 0.258 e. The van der Waals surface area contributed by atoms with Gasteiger partial charge in [0.2, 0.25) is 5.91 Å². The number of nitrogens with zero attached hydrogens (tertiary/aromatic N) is 6. The van der Waals surface area contributed by atoms with E-state index in [2.05, 4.69) is 20.3 Å². The summed E-state index contributed by atoms with van der Waals surface area (Å²) >= 11 is 0. The van der Waals surface area contributed by atoms with Gasteiger partial charge in [-0.2, -0.15) is 5.10 Å². The van der Waals surface area contributed by atoms with Gasteiger partial charge in [-0.1, -0.05) is 6.07 Å². The number of amides is 2. The summed E-state index contributed by atoms with van der Waals surface area (Å²) in [6.07, 6.45) is 7.96. The first kappa shape index (κ1) is 27.4. The summed E-state index contributed by atoms with van der Waals surface area (Å²) in [6.45, 7) is 2.42. The second-order valence-corrected chi connectivity index (χ2v) is 11.1. The fourth-order valence-electron chi connectivity index (χ4n) is 5.89. The van der Waals surface area contributed by atoms with Crippen molar-refractivity contribution < 1.29 is 24.2 Å². The van der Waals surface area contributed by atoms with Crippen molar-refractivity contribution in [3.05, 3.63) is 54.4 Å². The van der Waals surface area contributed by atoms with Crippen molar-refractivity contribution in [3.63, 3.8) is 0 Å². The van der Waals surface area contributed by atoms with Crippen molar-refractivity contribution in [3.8, 4) is 16.9 Å². The molecule has 5 heterocycles. The van der Waals surface area contributed by atoms with Crippen LogP contribution in [-0.2, 0) is 30.2 Å². The van der Waals surface area contributed by atoms with Gasteiger partial charge in [0.25, 0.3) is 5.91 Å². The summed E-state index contributed by atoms with van der Waals surface area (Å²) in [6, 6.07) is 4.81. The van der Waals surface area contributed by atoms with E-state index in [1.54, 1.807) is 28.0 Å². The molecule has 2 fully saturated rings. The molecule has 12 heteroatoms. The third-order valence-corrected chi connectivity index (χ3v) is 8.32. The van der Waals surface area contributed by atoms with Crippen molar-refractivity contribution in [2.45, 2.75) is 50.2 Å². The normalized spacial score (nSPS) is 26.0. The molecule has 3 aromatic rings. The van der Waals surface area contributed by atoms with E-state index in [1.165, 1.54) is 0 Å². The van der Waals surface area contributed by atoms with E-state index in [9.17, 15) is 14.7 Å². The Bertz CT molecular complexity index is 1400. The number of aryl methyl sites for hydroxylation is 2. The molecular formula is C29H37N7O5. The van der Waals surface area contributed by atoms with Crippen LogP contribution < -0.4 is 10.1 Å². The standard InChI is InChI=1S/C29H37N7O5/c1-33-9-8-30-27(33)18-35-10-11-36-23(17-35)28(38)31-15-26-24(37)6-4-21(41-26)7-12-40-25-13-19(3-5-22(25)29(36)39)20-14-32-34(2)16-20/h3,5,8-9,13-14,16,21,23-24,26,37H,4,6-7,10-12,15,17-18H2,1-2H3,(H,31,38)/t21-,23-,24-,26+/m0/s1. The molecule has 2 amide bonds. The Kier molecular flexibility index (Phi) is 7.78. The van der Waals surface area contributed by atoms with Crippen LogP contribution in [0.2, 0.25) is 0 Å². The van der Waals surface area contributed by atoms with Crippen molar-refractivity contribution >= 4 is 11.8 Å². The monoisotopic (exact) mass is 563 g/mol. The van der Waals surface area contributed by atoms with Gasteiger partial charge in [-0.05, 0) is 30.5 Å². The maximum Gasteiger partial charge on any atom is 0.258 e. The lowest BCUT2D eigenvalue weighted by atomic mass is 9.99. The SMILES string of the molecule is Cn1cc(-c2ccc3c(c2)OCC[C@@H]2CC[C@H](O)[C@@H](CNC(=O)[C@@H]4CN(Cc5nccn5C)CCN4C3=O)O2)cn1. The molecule has 2 N–H and O–H groups in total. The topological polar surface area (TPSA) is 127 Å². The van der Waals surface area contributed by atoms with Gasteiger partial charge >= 0.3 is 0 Å². The number of hydrogen-bond acceptors (Lipinski definition) is 8. The van der Waals surface area contributed by atoms with E-state index in [0.717, 1.165) is 17.0 Å². The molecule has 218 valence electrons. The molecule has 3 aliphatic rings. The highest BCUT2D eigenvalue weighted by Gasteiger charge is 2.38. The third kappa shape index (κ3) is 5.85. The lowest BCUT2D eigenvalue weighted by Crippen LogP contribution is -2.61. The molecule has 0 saturated carbocycles. The summed E-state index contributed by atoms with van der Waals surface area (Å²) in [5.41, 5.74) is 2.22. The van der Waals surface area contributed by atoms with E-state index in [4.69, 9.17) is 9.47 Å². The molecule has 2 bridgehead atoms. The van der Waals surface area contributed by atoms with E-state index in [0.29, 0.717) is 63.4 Å². The van der Waals surface area contributed by atoms with Gasteiger partial charge in [0.15, 0.2) is 0 Å². The minimum Gasteiger partial charge on any atom is -0.493 e. The lowest BCUT2D eigenvalue weighted by molar-refractivity contribution is -0.135. The molecule has 6 rings (SSSR count). The fourth-order valence-corrected chi connectivity index (χ4v) is 5.89. The van der Waals surface area contributed by atoms with Crippen molar-refractivity contribution in [2.75, 3.05) is 32.8 Å². The summed E-state index contributed by atoms with van der Waals surface area (Å²) < 4.78 is 16.1. The molecule has 12 nitrogen and oxygen atoms in total. The number of fused-ring (bicyclic) bond motifs is 4. The van der Waals surface area contributed by atoms with Gasteiger partial charge in [0, 0.05) is 70.8 Å². The van der Waals surface area contributed by atoms with Crippen molar-refractivity contribution in [1.29, 1.82) is 0 Å². The number of carbonyl (C=O) groups excluding carboxylic acids is 2. The van der Waals surface area contributed by atoms with Gasteiger partial charge in [-0.3, -0.25) is 19.2 Å². The number of carbonyl (C=O) groups is 2. The quantitative estimate of drug-likeness (QED) is 0.483. The first-order valence-corrected chi connectivity index (χ1v) is 14.2. The molecule has 41 heavy (non-hydrogen) atoms. The largest absolute Gasteiger partial charge is 0.493 e. The fraction of sp³-hybridized carbons (Fsp3) is 0.517. The van der Waals surface area contributed by atoms with Crippen LogP contribution in [0.1, 0.15) is 35.4 Å². The van der Waals surface area contributed by atoms with Crippen LogP contribution in [0.5, 0.6) is 5.75 Å². The van der Waals surface area contributed by atoms with Crippen LogP contribution >= 0.6 is 0 Å². The average Bonchev–Trinajstić information content (AvgIpc) is 3.59. The lowest BCUT2D eigenvalue weighted by Gasteiger charge is -2.41. The minimum absolute atomic E-state index is 0.108. The number of imidazole rings is 1. The molecular weight excluding hydrogens is 526 g/mol. The first-order chi connectivity index (χ1) is 19.9. The zero-order chi connectivity index (χ0) is 28.5. The molecule has 0 aliphatic carbocycles. The number of aliphatic hydroxyl groups is 1. The van der Waals surface area contributed by atoms with Crippen LogP contribution in [0.4, 0.5) is 0 Å². The highest BCUT2D eigenvalue weighted by Crippen LogP contribution is 2.31. The Labute approximate surface area is 238 Å². The maximum atomic E-state index is 14.1. The van der Waals surface area contributed by atoms with Crippen molar-refractivity contribution in [1.82, 2.24) is 34.4 Å². The molecule has 2 saturated heterocycles. The number of piperazine rings is 1.